The molecule has 0 unspecified atom stereocenters. The lowest BCUT2D eigenvalue weighted by atomic mass is 10.1. The summed E-state index contributed by atoms with van der Waals surface area (Å²) in [5.41, 5.74) is 1.94. The SMILES string of the molecule is COc1ccc(C(=O)CCCC(=O)NCCCc2ccccc2)cc1. The average molecular weight is 339 g/mol. The molecule has 25 heavy (non-hydrogen) atoms. The van der Waals surface area contributed by atoms with Crippen molar-refractivity contribution in [2.24, 2.45) is 0 Å². The second kappa shape index (κ2) is 10.3. The number of carbonyl (C=O) groups is 2. The minimum Gasteiger partial charge on any atom is -0.497 e. The summed E-state index contributed by atoms with van der Waals surface area (Å²) in [6.45, 7) is 0.667. The van der Waals surface area contributed by atoms with Crippen LogP contribution in [0.3, 0.4) is 0 Å². The molecule has 0 saturated heterocycles. The Kier molecular flexibility index (Phi) is 7.70. The van der Waals surface area contributed by atoms with E-state index in [1.165, 1.54) is 5.56 Å². The average Bonchev–Trinajstić information content (AvgIpc) is 2.66. The van der Waals surface area contributed by atoms with E-state index in [0.717, 1.165) is 18.6 Å². The summed E-state index contributed by atoms with van der Waals surface area (Å²) in [7, 11) is 1.59. The second-order valence-electron chi connectivity index (χ2n) is 5.94. The third kappa shape index (κ3) is 6.79. The Labute approximate surface area is 149 Å². The van der Waals surface area contributed by atoms with Crippen LogP contribution in [0.1, 0.15) is 41.6 Å². The predicted octanol–water partition coefficient (Wildman–Crippen LogP) is 3.80. The summed E-state index contributed by atoms with van der Waals surface area (Å²) in [5, 5.41) is 2.91. The molecular formula is C21H25NO3. The van der Waals surface area contributed by atoms with Crippen LogP contribution in [0.2, 0.25) is 0 Å². The van der Waals surface area contributed by atoms with Gasteiger partial charge in [-0.3, -0.25) is 9.59 Å². The molecule has 0 radical (unpaired) electrons. The summed E-state index contributed by atoms with van der Waals surface area (Å²) in [4.78, 5) is 23.9. The molecule has 4 heteroatoms. The third-order valence-electron chi connectivity index (χ3n) is 4.03. The normalized spacial score (nSPS) is 10.3. The third-order valence-corrected chi connectivity index (χ3v) is 4.03. The highest BCUT2D eigenvalue weighted by Gasteiger charge is 2.08. The van der Waals surface area contributed by atoms with Crippen LogP contribution in [-0.4, -0.2) is 25.3 Å². The zero-order chi connectivity index (χ0) is 17.9. The quantitative estimate of drug-likeness (QED) is 0.529. The first-order valence-corrected chi connectivity index (χ1v) is 8.67. The molecule has 0 bridgehead atoms. The minimum absolute atomic E-state index is 0.00981. The van der Waals surface area contributed by atoms with Crippen molar-refractivity contribution >= 4 is 11.7 Å². The van der Waals surface area contributed by atoms with E-state index in [2.05, 4.69) is 17.4 Å². The number of hydrogen-bond acceptors (Lipinski definition) is 3. The molecule has 2 aromatic carbocycles. The predicted molar refractivity (Wildman–Crippen MR) is 98.9 cm³/mol. The van der Waals surface area contributed by atoms with Crippen molar-refractivity contribution in [3.63, 3.8) is 0 Å². The monoisotopic (exact) mass is 339 g/mol. The molecule has 0 heterocycles. The van der Waals surface area contributed by atoms with E-state index < -0.39 is 0 Å². The fraction of sp³-hybridized carbons (Fsp3) is 0.333. The van der Waals surface area contributed by atoms with Gasteiger partial charge in [0.1, 0.15) is 5.75 Å². The molecule has 0 aromatic heterocycles. The van der Waals surface area contributed by atoms with E-state index in [1.807, 2.05) is 18.2 Å². The van der Waals surface area contributed by atoms with E-state index in [9.17, 15) is 9.59 Å². The van der Waals surface area contributed by atoms with Gasteiger partial charge >= 0.3 is 0 Å². The van der Waals surface area contributed by atoms with Gasteiger partial charge in [0.05, 0.1) is 7.11 Å². The molecule has 1 amide bonds. The number of methoxy groups -OCH3 is 1. The van der Waals surface area contributed by atoms with Gasteiger partial charge in [-0.25, -0.2) is 0 Å². The number of ketones is 1. The number of aryl methyl sites for hydroxylation is 1. The zero-order valence-corrected chi connectivity index (χ0v) is 14.7. The Morgan fingerprint density at radius 1 is 0.920 bits per heavy atom. The molecule has 4 nitrogen and oxygen atoms in total. The first-order valence-electron chi connectivity index (χ1n) is 8.67. The van der Waals surface area contributed by atoms with Crippen molar-refractivity contribution in [2.75, 3.05) is 13.7 Å². The molecule has 0 atom stereocenters. The van der Waals surface area contributed by atoms with Gasteiger partial charge in [-0.2, -0.15) is 0 Å². The first kappa shape index (κ1) is 18.7. The highest BCUT2D eigenvalue weighted by molar-refractivity contribution is 5.96. The van der Waals surface area contributed by atoms with E-state index in [0.29, 0.717) is 31.4 Å². The van der Waals surface area contributed by atoms with E-state index >= 15 is 0 Å². The van der Waals surface area contributed by atoms with Crippen molar-refractivity contribution < 1.29 is 14.3 Å². The van der Waals surface area contributed by atoms with Gasteiger partial charge in [-0.1, -0.05) is 30.3 Å². The van der Waals surface area contributed by atoms with Gasteiger partial charge < -0.3 is 10.1 Å². The molecule has 132 valence electrons. The van der Waals surface area contributed by atoms with Crippen molar-refractivity contribution in [1.82, 2.24) is 5.32 Å². The van der Waals surface area contributed by atoms with Gasteiger partial charge in [0, 0.05) is 24.9 Å². The number of Topliss-reactive ketones (excluding diaryl/α,β-unsaturated/α-hetero) is 1. The number of amides is 1. The van der Waals surface area contributed by atoms with Crippen molar-refractivity contribution in [2.45, 2.75) is 32.1 Å². The number of nitrogens with one attached hydrogen (secondary N) is 1. The number of carbonyl (C=O) groups excluding carboxylic acids is 2. The maximum atomic E-state index is 12.1. The van der Waals surface area contributed by atoms with Crippen LogP contribution < -0.4 is 10.1 Å². The fourth-order valence-corrected chi connectivity index (χ4v) is 2.58. The van der Waals surface area contributed by atoms with E-state index in [-0.39, 0.29) is 11.7 Å². The molecule has 0 aliphatic heterocycles. The molecule has 1 N–H and O–H groups in total. The number of benzene rings is 2. The smallest absolute Gasteiger partial charge is 0.220 e. The fourth-order valence-electron chi connectivity index (χ4n) is 2.58. The molecule has 2 aromatic rings. The largest absolute Gasteiger partial charge is 0.497 e. The van der Waals surface area contributed by atoms with Crippen LogP contribution in [-0.2, 0) is 11.2 Å². The maximum Gasteiger partial charge on any atom is 0.220 e. The number of hydrogen-bond donors (Lipinski definition) is 1. The summed E-state index contributed by atoms with van der Waals surface area (Å²) in [6.07, 6.45) is 3.20. The molecular weight excluding hydrogens is 314 g/mol. The minimum atomic E-state index is 0.00981. The molecule has 0 aliphatic carbocycles. The van der Waals surface area contributed by atoms with Gasteiger partial charge in [0.25, 0.3) is 0 Å². The highest BCUT2D eigenvalue weighted by atomic mass is 16.5. The maximum absolute atomic E-state index is 12.1. The second-order valence-corrected chi connectivity index (χ2v) is 5.94. The van der Waals surface area contributed by atoms with E-state index in [4.69, 9.17) is 4.74 Å². The van der Waals surface area contributed by atoms with Gasteiger partial charge in [-0.15, -0.1) is 0 Å². The lowest BCUT2D eigenvalue weighted by Crippen LogP contribution is -2.24. The Morgan fingerprint density at radius 3 is 2.32 bits per heavy atom. The summed E-state index contributed by atoms with van der Waals surface area (Å²) in [5.74, 6) is 0.793. The summed E-state index contributed by atoms with van der Waals surface area (Å²) >= 11 is 0. The van der Waals surface area contributed by atoms with Crippen LogP contribution in [0.15, 0.2) is 54.6 Å². The molecule has 0 fully saturated rings. The topological polar surface area (TPSA) is 55.4 Å². The number of rotatable bonds is 10. The molecule has 0 saturated carbocycles. The highest BCUT2D eigenvalue weighted by Crippen LogP contribution is 2.13. The zero-order valence-electron chi connectivity index (χ0n) is 14.7. The van der Waals surface area contributed by atoms with Gasteiger partial charge in [0.2, 0.25) is 5.91 Å². The van der Waals surface area contributed by atoms with Crippen molar-refractivity contribution in [3.8, 4) is 5.75 Å². The number of ether oxygens (including phenoxy) is 1. The van der Waals surface area contributed by atoms with Gasteiger partial charge in [0.15, 0.2) is 5.78 Å². The van der Waals surface area contributed by atoms with Crippen LogP contribution in [0, 0.1) is 0 Å². The Balaban J connectivity index is 1.59. The Hall–Kier alpha value is -2.62. The van der Waals surface area contributed by atoms with Crippen molar-refractivity contribution in [3.05, 3.63) is 65.7 Å². The van der Waals surface area contributed by atoms with Crippen LogP contribution >= 0.6 is 0 Å². The van der Waals surface area contributed by atoms with E-state index in [1.54, 1.807) is 31.4 Å². The lowest BCUT2D eigenvalue weighted by molar-refractivity contribution is -0.121. The summed E-state index contributed by atoms with van der Waals surface area (Å²) < 4.78 is 5.07. The Bertz CT molecular complexity index is 665. The van der Waals surface area contributed by atoms with Gasteiger partial charge in [-0.05, 0) is 49.1 Å². The van der Waals surface area contributed by atoms with Crippen molar-refractivity contribution in [1.29, 1.82) is 0 Å². The van der Waals surface area contributed by atoms with Crippen LogP contribution in [0.25, 0.3) is 0 Å². The molecule has 0 aliphatic rings. The Morgan fingerprint density at radius 2 is 1.64 bits per heavy atom. The molecule has 2 rings (SSSR count). The molecule has 0 spiro atoms. The summed E-state index contributed by atoms with van der Waals surface area (Å²) in [6, 6.07) is 17.3. The standard InChI is InChI=1S/C21H25NO3/c1-25-19-14-12-18(13-15-19)20(23)10-5-11-21(24)22-16-6-9-17-7-3-2-4-8-17/h2-4,7-8,12-15H,5-6,9-11,16H2,1H3,(H,22,24). The van der Waals surface area contributed by atoms with Crippen LogP contribution in [0.4, 0.5) is 0 Å². The van der Waals surface area contributed by atoms with Crippen LogP contribution in [0.5, 0.6) is 5.75 Å². The first-order chi connectivity index (χ1) is 12.2. The lowest BCUT2D eigenvalue weighted by Gasteiger charge is -2.06.